The number of ether oxygens (including phenoxy) is 1. The Morgan fingerprint density at radius 2 is 2.04 bits per heavy atom. The maximum Gasteiger partial charge on any atom is 0.230 e. The van der Waals surface area contributed by atoms with Crippen molar-refractivity contribution in [3.63, 3.8) is 0 Å². The Kier molecular flexibility index (Phi) is 4.41. The van der Waals surface area contributed by atoms with E-state index in [1.54, 1.807) is 7.11 Å². The number of hydrogen-bond acceptors (Lipinski definition) is 5. The quantitative estimate of drug-likeness (QED) is 0.723. The first-order valence-electron chi connectivity index (χ1n) is 9.28. The molecule has 0 radical (unpaired) electrons. The highest BCUT2D eigenvalue weighted by Crippen LogP contribution is 2.59. The minimum atomic E-state index is 0.667. The van der Waals surface area contributed by atoms with Gasteiger partial charge in [-0.05, 0) is 55.8 Å². The van der Waals surface area contributed by atoms with Crippen LogP contribution in [-0.2, 0) is 11.3 Å². The first-order valence-corrected chi connectivity index (χ1v) is 9.28. The second kappa shape index (κ2) is 6.52. The van der Waals surface area contributed by atoms with Crippen LogP contribution in [0.5, 0.6) is 0 Å². The number of hydrogen-bond donors (Lipinski definition) is 0. The largest absolute Gasteiger partial charge is 0.424 e. The van der Waals surface area contributed by atoms with Gasteiger partial charge in [-0.15, -0.1) is 10.2 Å². The summed E-state index contributed by atoms with van der Waals surface area (Å²) in [7, 11) is 1.78. The van der Waals surface area contributed by atoms with Crippen LogP contribution >= 0.6 is 0 Å². The summed E-state index contributed by atoms with van der Waals surface area (Å²) < 4.78 is 10.9. The van der Waals surface area contributed by atoms with Crippen molar-refractivity contribution < 1.29 is 9.15 Å². The predicted octanol–water partition coefficient (Wildman–Crippen LogP) is 3.04. The first-order chi connectivity index (χ1) is 11.3. The van der Waals surface area contributed by atoms with Gasteiger partial charge in [0, 0.05) is 33.2 Å². The summed E-state index contributed by atoms with van der Waals surface area (Å²) in [5.74, 6) is 5.35. The molecule has 0 amide bonds. The van der Waals surface area contributed by atoms with E-state index in [0.29, 0.717) is 11.9 Å². The molecule has 4 rings (SSSR count). The van der Waals surface area contributed by atoms with Crippen molar-refractivity contribution in [1.29, 1.82) is 0 Å². The molecule has 2 bridgehead atoms. The van der Waals surface area contributed by atoms with Gasteiger partial charge in [-0.25, -0.2) is 0 Å². The molecule has 5 atom stereocenters. The lowest BCUT2D eigenvalue weighted by atomic mass is 9.78. The van der Waals surface area contributed by atoms with E-state index in [2.05, 4.69) is 15.1 Å². The summed E-state index contributed by atoms with van der Waals surface area (Å²) in [5, 5.41) is 8.22. The van der Waals surface area contributed by atoms with Gasteiger partial charge in [0.15, 0.2) is 0 Å². The van der Waals surface area contributed by atoms with Crippen molar-refractivity contribution in [2.24, 2.45) is 23.7 Å². The van der Waals surface area contributed by atoms with E-state index in [0.717, 1.165) is 55.7 Å². The fraction of sp³-hybridized carbons (Fsp3) is 0.889. The van der Waals surface area contributed by atoms with Crippen LogP contribution in [0.2, 0.25) is 0 Å². The van der Waals surface area contributed by atoms with Gasteiger partial charge in [-0.1, -0.05) is 6.42 Å². The lowest BCUT2D eigenvalue weighted by Gasteiger charge is -2.38. The molecule has 3 aliphatic rings. The Hall–Kier alpha value is -0.940. The molecule has 0 aliphatic heterocycles. The summed E-state index contributed by atoms with van der Waals surface area (Å²) in [5.41, 5.74) is 0. The Balaban J connectivity index is 1.46. The number of rotatable bonds is 7. The second-order valence-corrected chi connectivity index (χ2v) is 7.75. The minimum Gasteiger partial charge on any atom is -0.424 e. The number of aryl methyl sites for hydroxylation is 1. The highest BCUT2D eigenvalue weighted by atomic mass is 16.5. The molecule has 3 aliphatic carbocycles. The van der Waals surface area contributed by atoms with Crippen molar-refractivity contribution in [3.05, 3.63) is 11.8 Å². The maximum atomic E-state index is 5.65. The molecule has 0 aromatic carbocycles. The van der Waals surface area contributed by atoms with Crippen molar-refractivity contribution in [2.75, 3.05) is 20.3 Å². The third-order valence-corrected chi connectivity index (χ3v) is 6.56. The predicted molar refractivity (Wildman–Crippen MR) is 86.8 cm³/mol. The van der Waals surface area contributed by atoms with Gasteiger partial charge in [0.05, 0.1) is 6.54 Å². The number of methoxy groups -OCH3 is 1. The lowest BCUT2D eigenvalue weighted by Crippen LogP contribution is -2.43. The summed E-state index contributed by atoms with van der Waals surface area (Å²) in [6, 6.07) is 0.711. The SMILES string of the molecule is COCCCN(Cc1nnc(C)o1)[C@@H]1C[C@H]2C[C@H]1[C@H]1CCC[C@H]21. The fourth-order valence-electron chi connectivity index (χ4n) is 5.80. The van der Waals surface area contributed by atoms with Crippen molar-refractivity contribution in [1.82, 2.24) is 15.1 Å². The summed E-state index contributed by atoms with van der Waals surface area (Å²) in [4.78, 5) is 2.62. The normalized spacial score (nSPS) is 35.3. The van der Waals surface area contributed by atoms with Crippen molar-refractivity contribution in [2.45, 2.75) is 58.0 Å². The molecular weight excluding hydrogens is 290 g/mol. The maximum absolute atomic E-state index is 5.65. The Labute approximate surface area is 138 Å². The fourth-order valence-corrected chi connectivity index (χ4v) is 5.80. The highest BCUT2D eigenvalue weighted by Gasteiger charge is 2.54. The van der Waals surface area contributed by atoms with Gasteiger partial charge in [-0.3, -0.25) is 4.90 Å². The molecular formula is C18H29N3O2. The summed E-state index contributed by atoms with van der Waals surface area (Å²) in [6.45, 7) is 4.56. The van der Waals surface area contributed by atoms with Crippen molar-refractivity contribution >= 4 is 0 Å². The van der Waals surface area contributed by atoms with Gasteiger partial charge in [0.1, 0.15) is 0 Å². The van der Waals surface area contributed by atoms with E-state index in [1.165, 1.54) is 32.1 Å². The van der Waals surface area contributed by atoms with Crippen LogP contribution in [0.4, 0.5) is 0 Å². The van der Waals surface area contributed by atoms with Gasteiger partial charge >= 0.3 is 0 Å². The second-order valence-electron chi connectivity index (χ2n) is 7.75. The third-order valence-electron chi connectivity index (χ3n) is 6.56. The van der Waals surface area contributed by atoms with E-state index < -0.39 is 0 Å². The smallest absolute Gasteiger partial charge is 0.230 e. The Bertz CT molecular complexity index is 532. The van der Waals surface area contributed by atoms with Crippen LogP contribution in [0.15, 0.2) is 4.42 Å². The van der Waals surface area contributed by atoms with Crippen LogP contribution in [0.1, 0.15) is 50.3 Å². The van der Waals surface area contributed by atoms with E-state index >= 15 is 0 Å². The zero-order valence-corrected chi connectivity index (χ0v) is 14.4. The number of nitrogens with zero attached hydrogens (tertiary/aromatic N) is 3. The molecule has 128 valence electrons. The molecule has 5 heteroatoms. The number of fused-ring (bicyclic) bond motifs is 5. The Morgan fingerprint density at radius 3 is 2.83 bits per heavy atom. The zero-order valence-electron chi connectivity index (χ0n) is 14.4. The van der Waals surface area contributed by atoms with Crippen LogP contribution in [0.3, 0.4) is 0 Å². The molecule has 0 unspecified atom stereocenters. The molecule has 0 saturated heterocycles. The monoisotopic (exact) mass is 319 g/mol. The van der Waals surface area contributed by atoms with Crippen molar-refractivity contribution in [3.8, 4) is 0 Å². The minimum absolute atomic E-state index is 0.667. The van der Waals surface area contributed by atoms with Crippen LogP contribution in [0, 0.1) is 30.6 Å². The lowest BCUT2D eigenvalue weighted by molar-refractivity contribution is 0.0710. The molecule has 0 N–H and O–H groups in total. The molecule has 1 heterocycles. The standard InChI is InChI=1S/C18H29N3O2/c1-12-19-20-18(23-12)11-21(7-4-8-22-2)17-10-13-9-16(17)15-6-3-5-14(13)15/h13-17H,3-11H2,1-2H3/t13-,14-,15+,16+,17-/m1/s1. The van der Waals surface area contributed by atoms with E-state index in [4.69, 9.17) is 9.15 Å². The van der Waals surface area contributed by atoms with E-state index in [9.17, 15) is 0 Å². The molecule has 3 saturated carbocycles. The average Bonchev–Trinajstić information content (AvgIpc) is 3.28. The average molecular weight is 319 g/mol. The summed E-state index contributed by atoms with van der Waals surface area (Å²) >= 11 is 0. The van der Waals surface area contributed by atoms with Crippen LogP contribution in [0.25, 0.3) is 0 Å². The summed E-state index contributed by atoms with van der Waals surface area (Å²) in [6.07, 6.45) is 8.34. The molecule has 1 aromatic heterocycles. The van der Waals surface area contributed by atoms with Crippen LogP contribution in [-0.4, -0.2) is 41.4 Å². The Morgan fingerprint density at radius 1 is 1.17 bits per heavy atom. The molecule has 5 nitrogen and oxygen atoms in total. The zero-order chi connectivity index (χ0) is 15.8. The highest BCUT2D eigenvalue weighted by molar-refractivity contribution is 5.06. The van der Waals surface area contributed by atoms with Crippen LogP contribution < -0.4 is 0 Å². The molecule has 0 spiro atoms. The number of aromatic nitrogens is 2. The third kappa shape index (κ3) is 2.93. The molecule has 3 fully saturated rings. The van der Waals surface area contributed by atoms with Gasteiger partial charge < -0.3 is 9.15 Å². The van der Waals surface area contributed by atoms with E-state index in [1.807, 2.05) is 6.92 Å². The first kappa shape index (κ1) is 15.6. The van der Waals surface area contributed by atoms with Gasteiger partial charge in [0.2, 0.25) is 11.8 Å². The van der Waals surface area contributed by atoms with E-state index in [-0.39, 0.29) is 0 Å². The van der Waals surface area contributed by atoms with Gasteiger partial charge in [-0.2, -0.15) is 0 Å². The molecule has 23 heavy (non-hydrogen) atoms. The van der Waals surface area contributed by atoms with Gasteiger partial charge in [0.25, 0.3) is 0 Å². The molecule has 1 aromatic rings. The topological polar surface area (TPSA) is 51.4 Å².